The number of aliphatic hydroxyl groups is 1. The van der Waals surface area contributed by atoms with Crippen LogP contribution < -0.4 is 5.32 Å². The number of likely N-dealkylation sites (N-methyl/N-ethyl adjacent to an activating group) is 1. The molecule has 3 unspecified atom stereocenters. The van der Waals surface area contributed by atoms with Crippen molar-refractivity contribution in [3.05, 3.63) is 122 Å². The van der Waals surface area contributed by atoms with E-state index in [0.717, 1.165) is 77.0 Å². The van der Waals surface area contributed by atoms with Gasteiger partial charge in [-0.15, -0.1) is 0 Å². The molecule has 0 aromatic heterocycles. The minimum atomic E-state index is -4.38. The van der Waals surface area contributed by atoms with Gasteiger partial charge in [-0.3, -0.25) is 13.8 Å². The number of unbranched alkanes of at least 4 members (excludes halogenated alkanes) is 19. The van der Waals surface area contributed by atoms with Crippen molar-refractivity contribution in [2.75, 3.05) is 40.9 Å². The number of phosphoric ester groups is 1. The van der Waals surface area contributed by atoms with Gasteiger partial charge < -0.3 is 19.8 Å². The van der Waals surface area contributed by atoms with Crippen LogP contribution >= 0.6 is 7.82 Å². The topological polar surface area (TPSA) is 105 Å². The van der Waals surface area contributed by atoms with Gasteiger partial charge in [-0.1, -0.05) is 232 Å². The number of amides is 1. The van der Waals surface area contributed by atoms with E-state index < -0.39 is 20.0 Å². The largest absolute Gasteiger partial charge is 0.472 e. The molecule has 0 spiro atoms. The Kier molecular flexibility index (Phi) is 49.5. The van der Waals surface area contributed by atoms with E-state index in [-0.39, 0.29) is 25.5 Å². The van der Waals surface area contributed by atoms with Crippen molar-refractivity contribution >= 4 is 13.7 Å². The predicted molar refractivity (Wildman–Crippen MR) is 308 cm³/mol. The Labute approximate surface area is 437 Å². The third kappa shape index (κ3) is 54.5. The Balaban J connectivity index is 4.44. The third-order valence-corrected chi connectivity index (χ3v) is 12.9. The summed E-state index contributed by atoms with van der Waals surface area (Å²) in [5.74, 6) is -0.253. The zero-order valence-electron chi connectivity index (χ0n) is 46.2. The van der Waals surface area contributed by atoms with Gasteiger partial charge in [0, 0.05) is 6.42 Å². The fourth-order valence-electron chi connectivity index (χ4n) is 7.47. The molecule has 0 aromatic carbocycles. The molecule has 0 heterocycles. The zero-order chi connectivity index (χ0) is 52.0. The van der Waals surface area contributed by atoms with Gasteiger partial charge in [-0.2, -0.15) is 0 Å². The normalized spacial score (nSPS) is 14.9. The Morgan fingerprint density at radius 2 is 0.859 bits per heavy atom. The first kappa shape index (κ1) is 67.9. The lowest BCUT2D eigenvalue weighted by Gasteiger charge is -2.25. The monoisotopic (exact) mass is 1010 g/mol. The van der Waals surface area contributed by atoms with Crippen molar-refractivity contribution in [3.63, 3.8) is 0 Å². The van der Waals surface area contributed by atoms with Crippen LogP contribution in [0.2, 0.25) is 0 Å². The highest BCUT2D eigenvalue weighted by molar-refractivity contribution is 7.47. The summed E-state index contributed by atoms with van der Waals surface area (Å²) < 4.78 is 23.6. The summed E-state index contributed by atoms with van der Waals surface area (Å²) in [6.07, 6.45) is 77.4. The smallest absolute Gasteiger partial charge is 0.387 e. The van der Waals surface area contributed by atoms with E-state index in [1.54, 1.807) is 6.08 Å². The van der Waals surface area contributed by atoms with Crippen molar-refractivity contribution < 1.29 is 32.9 Å². The maximum Gasteiger partial charge on any atom is 0.472 e. The summed E-state index contributed by atoms with van der Waals surface area (Å²) in [4.78, 5) is 23.3. The van der Waals surface area contributed by atoms with Gasteiger partial charge in [0.1, 0.15) is 13.2 Å². The highest BCUT2D eigenvalue weighted by atomic mass is 31.2. The molecule has 0 fully saturated rings. The third-order valence-electron chi connectivity index (χ3n) is 11.9. The number of phosphoric acid groups is 1. The SMILES string of the molecule is CC/C=C\C/C=C\C/C=C\C/C=C\C/C=C\C/C=C\C/C=C\CCCC(=O)NC(COP(=O)(O)OCC[N+](C)(C)C)C(O)/C=C/CC/C=C/CC/C=C/CCCCCCCCCCCCCCCCCC. The van der Waals surface area contributed by atoms with Crippen molar-refractivity contribution in [2.24, 2.45) is 0 Å². The van der Waals surface area contributed by atoms with E-state index in [4.69, 9.17) is 9.05 Å². The van der Waals surface area contributed by atoms with Crippen LogP contribution in [0.5, 0.6) is 0 Å². The summed E-state index contributed by atoms with van der Waals surface area (Å²) in [6.45, 7) is 4.62. The summed E-state index contributed by atoms with van der Waals surface area (Å²) in [5.41, 5.74) is 0. The quantitative estimate of drug-likeness (QED) is 0.0243. The van der Waals surface area contributed by atoms with Gasteiger partial charge in [0.25, 0.3) is 0 Å². The van der Waals surface area contributed by atoms with Crippen molar-refractivity contribution in [1.82, 2.24) is 5.32 Å². The van der Waals surface area contributed by atoms with Crippen molar-refractivity contribution in [3.8, 4) is 0 Å². The number of aliphatic hydroxyl groups excluding tert-OH is 1. The van der Waals surface area contributed by atoms with E-state index in [1.165, 1.54) is 109 Å². The van der Waals surface area contributed by atoms with E-state index in [1.807, 2.05) is 27.2 Å². The summed E-state index contributed by atoms with van der Waals surface area (Å²) in [7, 11) is 1.49. The summed E-state index contributed by atoms with van der Waals surface area (Å²) >= 11 is 0. The second-order valence-electron chi connectivity index (χ2n) is 19.9. The molecule has 0 saturated heterocycles. The standard InChI is InChI=1S/C62H107N2O6P/c1-6-8-10-12-14-16-18-20-22-24-26-28-30-31-32-34-35-37-39-41-43-45-47-49-51-53-55-61(65)60(59-70-71(67,68)69-58-57-64(3,4)5)63-62(66)56-54-52-50-48-46-44-42-40-38-36-33-29-27-25-23-21-19-17-15-13-11-9-7-2/h9,11,15,17,21,23,27,29,36-39,42,44-45,47-48,50,53,55,60-61,65H,6-8,10,12-14,16,18-20,22,24-26,28,30-35,40-41,43,46,49,51-52,54,56-59H2,1-5H3,(H-,63,66,67,68)/p+1/b11-9-,17-15-,23-21-,29-27-,38-36-,39-37+,44-42-,47-45+,50-48-,55-53+. The van der Waals surface area contributed by atoms with Crippen LogP contribution in [0.1, 0.15) is 213 Å². The molecule has 406 valence electrons. The lowest BCUT2D eigenvalue weighted by atomic mass is 10.0. The molecule has 9 heteroatoms. The highest BCUT2D eigenvalue weighted by Gasteiger charge is 2.27. The minimum absolute atomic E-state index is 0.0355. The minimum Gasteiger partial charge on any atom is -0.387 e. The molecule has 0 saturated carbocycles. The maximum absolute atomic E-state index is 12.9. The van der Waals surface area contributed by atoms with E-state index in [0.29, 0.717) is 17.4 Å². The molecule has 0 aliphatic rings. The van der Waals surface area contributed by atoms with Gasteiger partial charge in [0.2, 0.25) is 5.91 Å². The molecule has 0 aliphatic heterocycles. The van der Waals surface area contributed by atoms with Crippen LogP contribution in [-0.2, 0) is 18.4 Å². The first-order chi connectivity index (χ1) is 34.5. The van der Waals surface area contributed by atoms with Gasteiger partial charge in [0.05, 0.1) is 39.9 Å². The number of carbonyl (C=O) groups excluding carboxylic acids is 1. The molecule has 3 atom stereocenters. The van der Waals surface area contributed by atoms with Crippen LogP contribution in [0.3, 0.4) is 0 Å². The summed E-state index contributed by atoms with van der Waals surface area (Å²) in [5, 5.41) is 13.9. The molecule has 0 rings (SSSR count). The Bertz CT molecular complexity index is 1560. The number of nitrogens with one attached hydrogen (secondary N) is 1. The van der Waals surface area contributed by atoms with Crippen LogP contribution in [0, 0.1) is 0 Å². The van der Waals surface area contributed by atoms with E-state index in [9.17, 15) is 19.4 Å². The Hall–Kier alpha value is -3.10. The highest BCUT2D eigenvalue weighted by Crippen LogP contribution is 2.43. The molecular formula is C62H108N2O6P+. The van der Waals surface area contributed by atoms with Gasteiger partial charge in [-0.05, 0) is 96.3 Å². The van der Waals surface area contributed by atoms with E-state index >= 15 is 0 Å². The maximum atomic E-state index is 12.9. The van der Waals surface area contributed by atoms with Crippen molar-refractivity contribution in [1.29, 1.82) is 0 Å². The first-order valence-electron chi connectivity index (χ1n) is 28.4. The molecule has 1 amide bonds. The molecular weight excluding hydrogens is 900 g/mol. The predicted octanol–water partition coefficient (Wildman–Crippen LogP) is 17.4. The lowest BCUT2D eigenvalue weighted by Crippen LogP contribution is -2.45. The number of carbonyl (C=O) groups is 1. The van der Waals surface area contributed by atoms with E-state index in [2.05, 4.69) is 129 Å². The lowest BCUT2D eigenvalue weighted by molar-refractivity contribution is -0.870. The van der Waals surface area contributed by atoms with Gasteiger partial charge in [-0.25, -0.2) is 4.57 Å². The van der Waals surface area contributed by atoms with Crippen LogP contribution in [0.15, 0.2) is 122 Å². The number of quaternary nitrogens is 1. The molecule has 3 N–H and O–H groups in total. The van der Waals surface area contributed by atoms with Crippen LogP contribution in [0.25, 0.3) is 0 Å². The average molecular weight is 1010 g/mol. The zero-order valence-corrected chi connectivity index (χ0v) is 47.1. The molecule has 0 radical (unpaired) electrons. The number of rotatable bonds is 50. The second-order valence-corrected chi connectivity index (χ2v) is 21.4. The Morgan fingerprint density at radius 3 is 1.30 bits per heavy atom. The average Bonchev–Trinajstić information content (AvgIpc) is 3.33. The molecule has 0 bridgehead atoms. The van der Waals surface area contributed by atoms with Crippen LogP contribution in [0.4, 0.5) is 0 Å². The number of allylic oxidation sites excluding steroid dienone is 19. The van der Waals surface area contributed by atoms with Gasteiger partial charge >= 0.3 is 7.82 Å². The summed E-state index contributed by atoms with van der Waals surface area (Å²) in [6, 6.07) is -0.911. The Morgan fingerprint density at radius 1 is 0.493 bits per heavy atom. The molecule has 8 nitrogen and oxygen atoms in total. The first-order valence-corrected chi connectivity index (χ1v) is 29.9. The second kappa shape index (κ2) is 51.8. The van der Waals surface area contributed by atoms with Crippen LogP contribution in [-0.4, -0.2) is 73.4 Å². The molecule has 0 aliphatic carbocycles. The molecule has 0 aromatic rings. The van der Waals surface area contributed by atoms with Crippen molar-refractivity contribution in [2.45, 2.75) is 225 Å². The number of nitrogens with zero attached hydrogens (tertiary/aromatic N) is 1. The fraction of sp³-hybridized carbons (Fsp3) is 0.661. The van der Waals surface area contributed by atoms with Gasteiger partial charge in [0.15, 0.2) is 0 Å². The number of hydrogen-bond donors (Lipinski definition) is 3. The number of hydrogen-bond acceptors (Lipinski definition) is 5. The fourth-order valence-corrected chi connectivity index (χ4v) is 8.21. The molecule has 71 heavy (non-hydrogen) atoms.